The maximum atomic E-state index is 13.2. The molecule has 0 N–H and O–H groups in total. The molecule has 1 saturated heterocycles. The molecule has 1 amide bonds. The molecule has 3 heterocycles. The molecule has 1 aliphatic heterocycles. The van der Waals surface area contributed by atoms with Gasteiger partial charge in [0.15, 0.2) is 5.82 Å². The first-order valence-corrected chi connectivity index (χ1v) is 9.08. The molecule has 27 heavy (non-hydrogen) atoms. The Bertz CT molecular complexity index is 925. The summed E-state index contributed by atoms with van der Waals surface area (Å²) in [6.07, 6.45) is 2.30. The van der Waals surface area contributed by atoms with Crippen LogP contribution in [0.2, 0.25) is 0 Å². The Morgan fingerprint density at radius 2 is 2.04 bits per heavy atom. The molecule has 4 rings (SSSR count). The average Bonchev–Trinajstić information content (AvgIpc) is 3.23. The van der Waals surface area contributed by atoms with Crippen molar-refractivity contribution in [2.75, 3.05) is 19.8 Å². The molecule has 1 aromatic carbocycles. The van der Waals surface area contributed by atoms with Crippen molar-refractivity contribution in [1.82, 2.24) is 24.6 Å². The fourth-order valence-corrected chi connectivity index (χ4v) is 3.25. The number of para-hydroxylation sites is 1. The Hall–Kier alpha value is -3.06. The Balaban J connectivity index is 1.68. The number of aryl methyl sites for hydroxylation is 1. The predicted octanol–water partition coefficient (Wildman–Crippen LogP) is 2.44. The zero-order valence-corrected chi connectivity index (χ0v) is 15.2. The lowest BCUT2D eigenvalue weighted by molar-refractivity contribution is -0.00610. The van der Waals surface area contributed by atoms with Crippen LogP contribution in [0.5, 0.6) is 0 Å². The SMILES string of the molecule is CCc1cccc(C(=O)N2CCOCC2c2ncnn2-c2ccccc2)n1. The van der Waals surface area contributed by atoms with Gasteiger partial charge in [-0.25, -0.2) is 14.6 Å². The van der Waals surface area contributed by atoms with Crippen LogP contribution in [0, 0.1) is 0 Å². The van der Waals surface area contributed by atoms with Crippen LogP contribution in [-0.4, -0.2) is 50.3 Å². The predicted molar refractivity (Wildman–Crippen MR) is 99.6 cm³/mol. The van der Waals surface area contributed by atoms with Crippen molar-refractivity contribution in [2.24, 2.45) is 0 Å². The van der Waals surface area contributed by atoms with Gasteiger partial charge in [-0.1, -0.05) is 31.2 Å². The van der Waals surface area contributed by atoms with E-state index in [-0.39, 0.29) is 11.9 Å². The molecule has 0 saturated carbocycles. The number of ether oxygens (including phenoxy) is 1. The molecule has 1 aliphatic rings. The second kappa shape index (κ2) is 7.67. The molecule has 7 heteroatoms. The van der Waals surface area contributed by atoms with Gasteiger partial charge in [-0.2, -0.15) is 5.10 Å². The van der Waals surface area contributed by atoms with Gasteiger partial charge in [-0.3, -0.25) is 4.79 Å². The number of hydrogen-bond acceptors (Lipinski definition) is 5. The first-order valence-electron chi connectivity index (χ1n) is 9.08. The number of benzene rings is 1. The van der Waals surface area contributed by atoms with Crippen molar-refractivity contribution in [2.45, 2.75) is 19.4 Å². The number of aromatic nitrogens is 4. The van der Waals surface area contributed by atoms with Gasteiger partial charge in [0.05, 0.1) is 18.9 Å². The van der Waals surface area contributed by atoms with Crippen molar-refractivity contribution in [3.63, 3.8) is 0 Å². The summed E-state index contributed by atoms with van der Waals surface area (Å²) >= 11 is 0. The van der Waals surface area contributed by atoms with Crippen LogP contribution in [0.15, 0.2) is 54.9 Å². The van der Waals surface area contributed by atoms with Gasteiger partial charge in [-0.05, 0) is 30.7 Å². The van der Waals surface area contributed by atoms with Gasteiger partial charge in [0.25, 0.3) is 5.91 Å². The van der Waals surface area contributed by atoms with Crippen LogP contribution >= 0.6 is 0 Å². The van der Waals surface area contributed by atoms with Crippen LogP contribution in [0.1, 0.15) is 35.0 Å². The number of carbonyl (C=O) groups is 1. The minimum atomic E-state index is -0.318. The van der Waals surface area contributed by atoms with E-state index < -0.39 is 0 Å². The topological polar surface area (TPSA) is 73.1 Å². The van der Waals surface area contributed by atoms with E-state index in [1.165, 1.54) is 6.33 Å². The number of carbonyl (C=O) groups excluding carboxylic acids is 1. The minimum Gasteiger partial charge on any atom is -0.377 e. The quantitative estimate of drug-likeness (QED) is 0.712. The molecule has 1 fully saturated rings. The summed E-state index contributed by atoms with van der Waals surface area (Å²) in [5.41, 5.74) is 2.25. The van der Waals surface area contributed by atoms with E-state index >= 15 is 0 Å². The number of nitrogens with zero attached hydrogens (tertiary/aromatic N) is 5. The maximum absolute atomic E-state index is 13.2. The van der Waals surface area contributed by atoms with Crippen molar-refractivity contribution in [3.8, 4) is 5.69 Å². The Morgan fingerprint density at radius 1 is 1.19 bits per heavy atom. The first kappa shape index (κ1) is 17.4. The van der Waals surface area contributed by atoms with Gasteiger partial charge in [-0.15, -0.1) is 0 Å². The van der Waals surface area contributed by atoms with E-state index in [2.05, 4.69) is 15.1 Å². The summed E-state index contributed by atoms with van der Waals surface area (Å²) in [6.45, 7) is 3.39. The molecule has 0 bridgehead atoms. The largest absolute Gasteiger partial charge is 0.377 e. The van der Waals surface area contributed by atoms with Crippen molar-refractivity contribution < 1.29 is 9.53 Å². The standard InChI is InChI=1S/C20H21N5O2/c1-2-15-7-6-10-17(23-15)20(26)24-11-12-27-13-18(24)19-21-14-22-25(19)16-8-4-3-5-9-16/h3-10,14,18H,2,11-13H2,1H3. The molecule has 138 valence electrons. The Labute approximate surface area is 157 Å². The minimum absolute atomic E-state index is 0.110. The van der Waals surface area contributed by atoms with Crippen LogP contribution in [0.25, 0.3) is 5.69 Å². The average molecular weight is 363 g/mol. The molecule has 3 aromatic rings. The normalized spacial score (nSPS) is 17.1. The molecule has 1 atom stereocenters. The lowest BCUT2D eigenvalue weighted by Gasteiger charge is -2.34. The lowest BCUT2D eigenvalue weighted by atomic mass is 10.1. The molecular formula is C20H21N5O2. The fourth-order valence-electron chi connectivity index (χ4n) is 3.25. The summed E-state index contributed by atoms with van der Waals surface area (Å²) in [5, 5.41) is 4.35. The van der Waals surface area contributed by atoms with E-state index in [1.807, 2.05) is 49.4 Å². The third-order valence-corrected chi connectivity index (χ3v) is 4.65. The molecule has 1 unspecified atom stereocenters. The monoisotopic (exact) mass is 363 g/mol. The highest BCUT2D eigenvalue weighted by Gasteiger charge is 2.33. The summed E-state index contributed by atoms with van der Waals surface area (Å²) in [6, 6.07) is 15.0. The number of morpholine rings is 1. The van der Waals surface area contributed by atoms with Gasteiger partial charge < -0.3 is 9.64 Å². The molecule has 0 radical (unpaired) electrons. The Kier molecular flexibility index (Phi) is 4.93. The van der Waals surface area contributed by atoms with Crippen LogP contribution < -0.4 is 0 Å². The summed E-state index contributed by atoms with van der Waals surface area (Å²) in [7, 11) is 0. The van der Waals surface area contributed by atoms with Crippen molar-refractivity contribution in [3.05, 3.63) is 72.1 Å². The zero-order valence-electron chi connectivity index (χ0n) is 15.2. The maximum Gasteiger partial charge on any atom is 0.273 e. The molecule has 7 nitrogen and oxygen atoms in total. The third-order valence-electron chi connectivity index (χ3n) is 4.65. The molecule has 0 aliphatic carbocycles. The summed E-state index contributed by atoms with van der Waals surface area (Å²) in [4.78, 5) is 23.9. The van der Waals surface area contributed by atoms with Crippen molar-refractivity contribution in [1.29, 1.82) is 0 Å². The highest BCUT2D eigenvalue weighted by molar-refractivity contribution is 5.92. The second-order valence-corrected chi connectivity index (χ2v) is 6.32. The highest BCUT2D eigenvalue weighted by atomic mass is 16.5. The van der Waals surface area contributed by atoms with Gasteiger partial charge in [0.1, 0.15) is 18.1 Å². The number of pyridine rings is 1. The van der Waals surface area contributed by atoms with Gasteiger partial charge in [0.2, 0.25) is 0 Å². The van der Waals surface area contributed by atoms with Crippen LogP contribution in [0.4, 0.5) is 0 Å². The fraction of sp³-hybridized carbons (Fsp3) is 0.300. The second-order valence-electron chi connectivity index (χ2n) is 6.32. The van der Waals surface area contributed by atoms with Crippen LogP contribution in [0.3, 0.4) is 0 Å². The number of rotatable bonds is 4. The number of hydrogen-bond donors (Lipinski definition) is 0. The molecule has 0 spiro atoms. The van der Waals surface area contributed by atoms with E-state index in [0.717, 1.165) is 17.8 Å². The Morgan fingerprint density at radius 3 is 2.85 bits per heavy atom. The van der Waals surface area contributed by atoms with Gasteiger partial charge in [0, 0.05) is 12.2 Å². The molecule has 2 aromatic heterocycles. The smallest absolute Gasteiger partial charge is 0.273 e. The number of amides is 1. The zero-order chi connectivity index (χ0) is 18.6. The third kappa shape index (κ3) is 3.46. The van der Waals surface area contributed by atoms with Crippen molar-refractivity contribution >= 4 is 5.91 Å². The van der Waals surface area contributed by atoms with Crippen LogP contribution in [-0.2, 0) is 11.2 Å². The molecular weight excluding hydrogens is 342 g/mol. The van der Waals surface area contributed by atoms with E-state index in [1.54, 1.807) is 15.6 Å². The van der Waals surface area contributed by atoms with E-state index in [0.29, 0.717) is 31.3 Å². The van der Waals surface area contributed by atoms with E-state index in [9.17, 15) is 4.79 Å². The first-order chi connectivity index (χ1) is 13.3. The van der Waals surface area contributed by atoms with Gasteiger partial charge >= 0.3 is 0 Å². The highest BCUT2D eigenvalue weighted by Crippen LogP contribution is 2.26. The van der Waals surface area contributed by atoms with E-state index in [4.69, 9.17) is 4.74 Å². The summed E-state index contributed by atoms with van der Waals surface area (Å²) in [5.74, 6) is 0.571. The lowest BCUT2D eigenvalue weighted by Crippen LogP contribution is -2.44. The summed E-state index contributed by atoms with van der Waals surface area (Å²) < 4.78 is 7.42.